The molecule has 0 fully saturated rings. The van der Waals surface area contributed by atoms with Crippen molar-refractivity contribution in [3.63, 3.8) is 0 Å². The minimum absolute atomic E-state index is 0.276. The zero-order valence-corrected chi connectivity index (χ0v) is 9.65. The first-order valence-corrected chi connectivity index (χ1v) is 5.80. The molecule has 86 valence electrons. The lowest BCUT2D eigenvalue weighted by atomic mass is 9.92. The molecule has 2 rings (SSSR count). The Bertz CT molecular complexity index is 365. The van der Waals surface area contributed by atoms with Gasteiger partial charge in [0.25, 0.3) is 0 Å². The van der Waals surface area contributed by atoms with Gasteiger partial charge in [-0.15, -0.1) is 0 Å². The second kappa shape index (κ2) is 5.17. The Kier molecular flexibility index (Phi) is 3.62. The van der Waals surface area contributed by atoms with E-state index in [-0.39, 0.29) is 6.61 Å². The Labute approximate surface area is 96.6 Å². The van der Waals surface area contributed by atoms with Crippen LogP contribution in [-0.2, 0) is 0 Å². The number of aliphatic hydroxyl groups is 1. The average molecular weight is 218 g/mol. The molecule has 1 aliphatic rings. The van der Waals surface area contributed by atoms with Gasteiger partial charge in [-0.25, -0.2) is 0 Å². The van der Waals surface area contributed by atoms with Gasteiger partial charge in [0, 0.05) is 6.61 Å². The summed E-state index contributed by atoms with van der Waals surface area (Å²) in [6, 6.07) is 8.18. The number of hydrogen-bond donors (Lipinski definition) is 1. The smallest absolute Gasteiger partial charge is 0.118 e. The molecule has 0 unspecified atom stereocenters. The van der Waals surface area contributed by atoms with E-state index < -0.39 is 0 Å². The van der Waals surface area contributed by atoms with Gasteiger partial charge in [-0.1, -0.05) is 18.2 Å². The number of benzene rings is 1. The Hall–Kier alpha value is -1.28. The molecule has 0 aliphatic heterocycles. The molecule has 0 aromatic heterocycles. The third-order valence-corrected chi connectivity index (χ3v) is 3.22. The van der Waals surface area contributed by atoms with E-state index in [1.54, 1.807) is 7.11 Å². The van der Waals surface area contributed by atoms with Crippen LogP contribution in [0.25, 0.3) is 5.57 Å². The molecule has 1 N–H and O–H groups in total. The van der Waals surface area contributed by atoms with Crippen LogP contribution < -0.4 is 4.74 Å². The standard InChI is InChI=1S/C14H18O2/c1-16-13-7-5-12(6-8-13)14-4-2-3-11(14)9-10-15/h4-8,11,15H,2-3,9-10H2,1H3/t11-/m0/s1. The molecule has 1 aromatic carbocycles. The summed E-state index contributed by atoms with van der Waals surface area (Å²) in [6.07, 6.45) is 5.47. The lowest BCUT2D eigenvalue weighted by Crippen LogP contribution is -2.01. The van der Waals surface area contributed by atoms with E-state index in [1.165, 1.54) is 17.6 Å². The van der Waals surface area contributed by atoms with Crippen molar-refractivity contribution in [1.82, 2.24) is 0 Å². The molecule has 16 heavy (non-hydrogen) atoms. The highest BCUT2D eigenvalue weighted by atomic mass is 16.5. The van der Waals surface area contributed by atoms with Crippen molar-refractivity contribution in [3.05, 3.63) is 35.9 Å². The molecule has 0 saturated heterocycles. The molecule has 2 nitrogen and oxygen atoms in total. The van der Waals surface area contributed by atoms with Crippen LogP contribution in [0.5, 0.6) is 5.75 Å². The Morgan fingerprint density at radius 2 is 2.06 bits per heavy atom. The van der Waals surface area contributed by atoms with Crippen LogP contribution in [-0.4, -0.2) is 18.8 Å². The number of allylic oxidation sites excluding steroid dienone is 2. The highest BCUT2D eigenvalue weighted by Gasteiger charge is 2.19. The lowest BCUT2D eigenvalue weighted by molar-refractivity contribution is 0.271. The van der Waals surface area contributed by atoms with Gasteiger partial charge in [0.2, 0.25) is 0 Å². The van der Waals surface area contributed by atoms with Crippen LogP contribution in [0.2, 0.25) is 0 Å². The van der Waals surface area contributed by atoms with E-state index in [1.807, 2.05) is 12.1 Å². The van der Waals surface area contributed by atoms with Gasteiger partial charge in [-0.2, -0.15) is 0 Å². The van der Waals surface area contributed by atoms with Crippen molar-refractivity contribution in [1.29, 1.82) is 0 Å². The summed E-state index contributed by atoms with van der Waals surface area (Å²) in [7, 11) is 1.68. The maximum Gasteiger partial charge on any atom is 0.118 e. The van der Waals surface area contributed by atoms with Gasteiger partial charge in [0.05, 0.1) is 7.11 Å². The van der Waals surface area contributed by atoms with Gasteiger partial charge in [-0.3, -0.25) is 0 Å². The molecule has 0 spiro atoms. The first kappa shape index (κ1) is 11.2. The van der Waals surface area contributed by atoms with E-state index in [0.717, 1.165) is 18.6 Å². The molecule has 0 bridgehead atoms. The quantitative estimate of drug-likeness (QED) is 0.842. The lowest BCUT2D eigenvalue weighted by Gasteiger charge is -2.14. The SMILES string of the molecule is COc1ccc(C2=CCC[C@H]2CCO)cc1. The van der Waals surface area contributed by atoms with E-state index >= 15 is 0 Å². The minimum Gasteiger partial charge on any atom is -0.497 e. The molecule has 0 amide bonds. The average Bonchev–Trinajstić information content (AvgIpc) is 2.78. The van der Waals surface area contributed by atoms with Gasteiger partial charge >= 0.3 is 0 Å². The van der Waals surface area contributed by atoms with E-state index in [2.05, 4.69) is 18.2 Å². The van der Waals surface area contributed by atoms with Gasteiger partial charge in [-0.05, 0) is 48.4 Å². The normalized spacial score (nSPS) is 19.6. The van der Waals surface area contributed by atoms with Crippen molar-refractivity contribution in [2.24, 2.45) is 5.92 Å². The Balaban J connectivity index is 2.16. The molecule has 0 saturated carbocycles. The van der Waals surface area contributed by atoms with Crippen molar-refractivity contribution >= 4 is 5.57 Å². The fraction of sp³-hybridized carbons (Fsp3) is 0.429. The fourth-order valence-electron chi connectivity index (χ4n) is 2.35. The Morgan fingerprint density at radius 3 is 2.69 bits per heavy atom. The van der Waals surface area contributed by atoms with Crippen LogP contribution in [0.1, 0.15) is 24.8 Å². The predicted octanol–water partition coefficient (Wildman–Crippen LogP) is 2.87. The summed E-state index contributed by atoms with van der Waals surface area (Å²) in [5, 5.41) is 9.03. The van der Waals surface area contributed by atoms with Crippen LogP contribution in [0.4, 0.5) is 0 Å². The number of aliphatic hydroxyl groups excluding tert-OH is 1. The maximum atomic E-state index is 9.03. The van der Waals surface area contributed by atoms with E-state index in [0.29, 0.717) is 5.92 Å². The zero-order chi connectivity index (χ0) is 11.4. The molecular weight excluding hydrogens is 200 g/mol. The van der Waals surface area contributed by atoms with Crippen molar-refractivity contribution in [2.45, 2.75) is 19.3 Å². The summed E-state index contributed by atoms with van der Waals surface area (Å²) in [6.45, 7) is 0.276. The summed E-state index contributed by atoms with van der Waals surface area (Å²) in [5.74, 6) is 1.42. The first-order chi connectivity index (χ1) is 7.85. The summed E-state index contributed by atoms with van der Waals surface area (Å²) < 4.78 is 5.15. The van der Waals surface area contributed by atoms with Gasteiger partial charge in [0.15, 0.2) is 0 Å². The second-order valence-corrected chi connectivity index (χ2v) is 4.17. The number of ether oxygens (including phenoxy) is 1. The number of rotatable bonds is 4. The van der Waals surface area contributed by atoms with E-state index in [4.69, 9.17) is 9.84 Å². The third-order valence-electron chi connectivity index (χ3n) is 3.22. The largest absolute Gasteiger partial charge is 0.497 e. The highest BCUT2D eigenvalue weighted by Crippen LogP contribution is 2.36. The predicted molar refractivity (Wildman–Crippen MR) is 65.4 cm³/mol. The summed E-state index contributed by atoms with van der Waals surface area (Å²) >= 11 is 0. The zero-order valence-electron chi connectivity index (χ0n) is 9.65. The summed E-state index contributed by atoms with van der Waals surface area (Å²) in [5.41, 5.74) is 2.65. The number of hydrogen-bond acceptors (Lipinski definition) is 2. The molecule has 1 aromatic rings. The third kappa shape index (κ3) is 2.27. The van der Waals surface area contributed by atoms with Crippen LogP contribution in [0.15, 0.2) is 30.3 Å². The second-order valence-electron chi connectivity index (χ2n) is 4.17. The topological polar surface area (TPSA) is 29.5 Å². The Morgan fingerprint density at radius 1 is 1.31 bits per heavy atom. The van der Waals surface area contributed by atoms with Crippen LogP contribution >= 0.6 is 0 Å². The fourth-order valence-corrected chi connectivity index (χ4v) is 2.35. The molecule has 0 radical (unpaired) electrons. The van der Waals surface area contributed by atoms with Crippen molar-refractivity contribution < 1.29 is 9.84 Å². The molecule has 0 heterocycles. The first-order valence-electron chi connectivity index (χ1n) is 5.80. The maximum absolute atomic E-state index is 9.03. The summed E-state index contributed by atoms with van der Waals surface area (Å²) in [4.78, 5) is 0. The molecule has 2 heteroatoms. The monoisotopic (exact) mass is 218 g/mol. The molecule has 1 aliphatic carbocycles. The van der Waals surface area contributed by atoms with E-state index in [9.17, 15) is 0 Å². The van der Waals surface area contributed by atoms with Crippen molar-refractivity contribution in [3.8, 4) is 5.75 Å². The van der Waals surface area contributed by atoms with Gasteiger partial charge in [0.1, 0.15) is 5.75 Å². The van der Waals surface area contributed by atoms with Gasteiger partial charge < -0.3 is 9.84 Å². The molecule has 1 atom stereocenters. The van der Waals surface area contributed by atoms with Crippen molar-refractivity contribution in [2.75, 3.05) is 13.7 Å². The number of methoxy groups -OCH3 is 1. The molecular formula is C14H18O2. The van der Waals surface area contributed by atoms with Crippen LogP contribution in [0.3, 0.4) is 0 Å². The highest BCUT2D eigenvalue weighted by molar-refractivity contribution is 5.69. The van der Waals surface area contributed by atoms with Crippen LogP contribution in [0, 0.1) is 5.92 Å². The minimum atomic E-state index is 0.276.